The fourth-order valence-corrected chi connectivity index (χ4v) is 4.02. The zero-order valence-electron chi connectivity index (χ0n) is 10.6. The van der Waals surface area contributed by atoms with Crippen LogP contribution in [0, 0.1) is 0 Å². The Morgan fingerprint density at radius 2 is 2.11 bits per heavy atom. The molecule has 1 unspecified atom stereocenters. The van der Waals surface area contributed by atoms with E-state index < -0.39 is 10.0 Å². The number of ketones is 1. The van der Waals surface area contributed by atoms with E-state index in [4.69, 9.17) is 0 Å². The smallest absolute Gasteiger partial charge is 0.243 e. The van der Waals surface area contributed by atoms with Gasteiger partial charge in [0.05, 0.1) is 4.90 Å². The normalized spacial score (nSPS) is 21.1. The van der Waals surface area contributed by atoms with Crippen molar-refractivity contribution in [1.82, 2.24) is 4.31 Å². The SMILES string of the molecule is CC(=O)c1cccc(S(=O)(=O)N2CCCC2C)c1. The van der Waals surface area contributed by atoms with Crippen LogP contribution in [0.15, 0.2) is 29.2 Å². The third kappa shape index (κ3) is 2.33. The zero-order chi connectivity index (χ0) is 13.3. The summed E-state index contributed by atoms with van der Waals surface area (Å²) in [6.07, 6.45) is 1.79. The predicted octanol–water partition coefficient (Wildman–Crippen LogP) is 2.06. The highest BCUT2D eigenvalue weighted by molar-refractivity contribution is 7.89. The van der Waals surface area contributed by atoms with Gasteiger partial charge in [0.15, 0.2) is 5.78 Å². The lowest BCUT2D eigenvalue weighted by Crippen LogP contribution is -2.33. The van der Waals surface area contributed by atoms with E-state index in [2.05, 4.69) is 0 Å². The second-order valence-corrected chi connectivity index (χ2v) is 6.58. The molecule has 18 heavy (non-hydrogen) atoms. The van der Waals surface area contributed by atoms with Crippen molar-refractivity contribution in [2.45, 2.75) is 37.6 Å². The largest absolute Gasteiger partial charge is 0.295 e. The van der Waals surface area contributed by atoms with Gasteiger partial charge in [-0.15, -0.1) is 0 Å². The Bertz CT molecular complexity index is 565. The second kappa shape index (κ2) is 4.82. The van der Waals surface area contributed by atoms with E-state index in [0.717, 1.165) is 12.8 Å². The van der Waals surface area contributed by atoms with Crippen molar-refractivity contribution >= 4 is 15.8 Å². The molecule has 1 aliphatic rings. The highest BCUT2D eigenvalue weighted by Gasteiger charge is 2.32. The summed E-state index contributed by atoms with van der Waals surface area (Å²) >= 11 is 0. The molecule has 4 nitrogen and oxygen atoms in total. The summed E-state index contributed by atoms with van der Waals surface area (Å²) in [6, 6.07) is 6.30. The lowest BCUT2D eigenvalue weighted by Gasteiger charge is -2.21. The van der Waals surface area contributed by atoms with Crippen LogP contribution in [0.1, 0.15) is 37.0 Å². The van der Waals surface area contributed by atoms with E-state index in [9.17, 15) is 13.2 Å². The number of hydrogen-bond acceptors (Lipinski definition) is 3. The molecule has 0 radical (unpaired) electrons. The number of rotatable bonds is 3. The highest BCUT2D eigenvalue weighted by atomic mass is 32.2. The van der Waals surface area contributed by atoms with Crippen LogP contribution in [-0.2, 0) is 10.0 Å². The van der Waals surface area contributed by atoms with E-state index in [1.165, 1.54) is 17.3 Å². The van der Waals surface area contributed by atoms with Gasteiger partial charge in [0.1, 0.15) is 0 Å². The first-order valence-electron chi connectivity index (χ1n) is 6.06. The molecule has 2 rings (SSSR count). The van der Waals surface area contributed by atoms with E-state index in [1.54, 1.807) is 18.2 Å². The molecule has 0 aromatic heterocycles. The van der Waals surface area contributed by atoms with Gasteiger partial charge in [0, 0.05) is 18.2 Å². The van der Waals surface area contributed by atoms with Gasteiger partial charge in [-0.05, 0) is 38.8 Å². The molecule has 1 aromatic rings. The molecule has 1 aliphatic heterocycles. The maximum atomic E-state index is 12.4. The Morgan fingerprint density at radius 1 is 1.39 bits per heavy atom. The average molecular weight is 267 g/mol. The van der Waals surface area contributed by atoms with Crippen molar-refractivity contribution in [2.24, 2.45) is 0 Å². The van der Waals surface area contributed by atoms with Crippen LogP contribution in [0.25, 0.3) is 0 Å². The Morgan fingerprint density at radius 3 is 2.67 bits per heavy atom. The molecule has 1 saturated heterocycles. The monoisotopic (exact) mass is 267 g/mol. The molecule has 0 saturated carbocycles. The van der Waals surface area contributed by atoms with Crippen LogP contribution in [0.5, 0.6) is 0 Å². The summed E-state index contributed by atoms with van der Waals surface area (Å²) in [4.78, 5) is 11.5. The van der Waals surface area contributed by atoms with Crippen molar-refractivity contribution < 1.29 is 13.2 Å². The minimum Gasteiger partial charge on any atom is -0.295 e. The van der Waals surface area contributed by atoms with Crippen molar-refractivity contribution in [3.8, 4) is 0 Å². The summed E-state index contributed by atoms with van der Waals surface area (Å²) in [7, 11) is -3.46. The zero-order valence-corrected chi connectivity index (χ0v) is 11.4. The summed E-state index contributed by atoms with van der Waals surface area (Å²) in [5.41, 5.74) is 0.433. The predicted molar refractivity (Wildman–Crippen MR) is 69.0 cm³/mol. The summed E-state index contributed by atoms with van der Waals surface area (Å²) in [5, 5.41) is 0. The lowest BCUT2D eigenvalue weighted by atomic mass is 10.2. The molecular weight excluding hydrogens is 250 g/mol. The van der Waals surface area contributed by atoms with Crippen LogP contribution in [0.2, 0.25) is 0 Å². The van der Waals surface area contributed by atoms with Crippen molar-refractivity contribution in [3.05, 3.63) is 29.8 Å². The lowest BCUT2D eigenvalue weighted by molar-refractivity contribution is 0.101. The van der Waals surface area contributed by atoms with Crippen molar-refractivity contribution in [1.29, 1.82) is 0 Å². The number of carbonyl (C=O) groups excluding carboxylic acids is 1. The van der Waals surface area contributed by atoms with Gasteiger partial charge in [-0.3, -0.25) is 4.79 Å². The third-order valence-corrected chi connectivity index (χ3v) is 5.35. The third-order valence-electron chi connectivity index (χ3n) is 3.34. The fourth-order valence-electron chi connectivity index (χ4n) is 2.27. The number of hydrogen-bond donors (Lipinski definition) is 0. The number of nitrogens with zero attached hydrogens (tertiary/aromatic N) is 1. The summed E-state index contributed by atoms with van der Waals surface area (Å²) in [6.45, 7) is 3.91. The molecule has 5 heteroatoms. The second-order valence-electron chi connectivity index (χ2n) is 4.69. The molecule has 98 valence electrons. The first-order valence-corrected chi connectivity index (χ1v) is 7.50. The van der Waals surface area contributed by atoms with E-state index >= 15 is 0 Å². The van der Waals surface area contributed by atoms with Crippen molar-refractivity contribution in [2.75, 3.05) is 6.54 Å². The summed E-state index contributed by atoms with van der Waals surface area (Å²) < 4.78 is 26.4. The molecule has 1 aromatic carbocycles. The molecule has 0 aliphatic carbocycles. The average Bonchev–Trinajstić information content (AvgIpc) is 2.76. The number of carbonyl (C=O) groups is 1. The number of benzene rings is 1. The maximum absolute atomic E-state index is 12.4. The van der Waals surface area contributed by atoms with E-state index in [1.807, 2.05) is 6.92 Å². The van der Waals surface area contributed by atoms with Crippen LogP contribution in [0.3, 0.4) is 0 Å². The first kappa shape index (κ1) is 13.2. The molecule has 0 spiro atoms. The molecule has 0 bridgehead atoms. The molecule has 1 heterocycles. The van der Waals surface area contributed by atoms with Gasteiger partial charge < -0.3 is 0 Å². The topological polar surface area (TPSA) is 54.5 Å². The fraction of sp³-hybridized carbons (Fsp3) is 0.462. The van der Waals surface area contributed by atoms with Crippen molar-refractivity contribution in [3.63, 3.8) is 0 Å². The Kier molecular flexibility index (Phi) is 3.54. The van der Waals surface area contributed by atoms with E-state index in [0.29, 0.717) is 12.1 Å². The molecule has 0 N–H and O–H groups in total. The quantitative estimate of drug-likeness (QED) is 0.788. The van der Waals surface area contributed by atoms with E-state index in [-0.39, 0.29) is 16.7 Å². The molecular formula is C13H17NO3S. The first-order chi connectivity index (χ1) is 8.43. The molecule has 1 atom stereocenters. The van der Waals surface area contributed by atoms with Gasteiger partial charge in [0.25, 0.3) is 0 Å². The van der Waals surface area contributed by atoms with Crippen LogP contribution >= 0.6 is 0 Å². The Hall–Kier alpha value is -1.20. The molecule has 0 amide bonds. The van der Waals surface area contributed by atoms with Crippen LogP contribution < -0.4 is 0 Å². The van der Waals surface area contributed by atoms with Gasteiger partial charge in [-0.1, -0.05) is 12.1 Å². The highest BCUT2D eigenvalue weighted by Crippen LogP contribution is 2.26. The molecule has 1 fully saturated rings. The number of sulfonamides is 1. The van der Waals surface area contributed by atoms with Gasteiger partial charge in [-0.2, -0.15) is 4.31 Å². The minimum absolute atomic E-state index is 0.0379. The van der Waals surface area contributed by atoms with Crippen LogP contribution in [-0.4, -0.2) is 31.1 Å². The van der Waals surface area contributed by atoms with Gasteiger partial charge in [0.2, 0.25) is 10.0 Å². The van der Waals surface area contributed by atoms with Gasteiger partial charge >= 0.3 is 0 Å². The number of Topliss-reactive ketones (excluding diaryl/α,β-unsaturated/α-hetero) is 1. The standard InChI is InChI=1S/C13H17NO3S/c1-10-5-4-8-14(10)18(16,17)13-7-3-6-12(9-13)11(2)15/h3,6-7,9-10H,4-5,8H2,1-2H3. The maximum Gasteiger partial charge on any atom is 0.243 e. The van der Waals surface area contributed by atoms with Crippen LogP contribution in [0.4, 0.5) is 0 Å². The minimum atomic E-state index is -3.46. The van der Waals surface area contributed by atoms with Gasteiger partial charge in [-0.25, -0.2) is 8.42 Å². The Labute approximate surface area is 108 Å². The summed E-state index contributed by atoms with van der Waals surface area (Å²) in [5.74, 6) is -0.124. The Balaban J connectivity index is 2.41.